The molecule has 48 heavy (non-hydrogen) atoms. The average Bonchev–Trinajstić information content (AvgIpc) is 3.70. The zero-order valence-electron chi connectivity index (χ0n) is 27.6. The second-order valence-electron chi connectivity index (χ2n) is 13.2. The normalized spacial score (nSPS) is 34.8. The lowest BCUT2D eigenvalue weighted by Gasteiger charge is -2.38. The van der Waals surface area contributed by atoms with E-state index >= 15 is 0 Å². The van der Waals surface area contributed by atoms with Gasteiger partial charge in [0.05, 0.1) is 18.2 Å². The van der Waals surface area contributed by atoms with Crippen LogP contribution in [0.3, 0.4) is 0 Å². The number of ether oxygens (including phenoxy) is 6. The number of rotatable bonds is 9. The predicted octanol–water partition coefficient (Wildman–Crippen LogP) is 0.722. The van der Waals surface area contributed by atoms with Crippen molar-refractivity contribution in [2.24, 2.45) is 4.99 Å². The van der Waals surface area contributed by atoms with Gasteiger partial charge in [0, 0.05) is 18.2 Å². The van der Waals surface area contributed by atoms with Crippen LogP contribution >= 0.6 is 0 Å². The molecule has 266 valence electrons. The largest absolute Gasteiger partial charge is 0.388 e. The van der Waals surface area contributed by atoms with E-state index in [4.69, 9.17) is 28.4 Å². The molecule has 0 aromatic carbocycles. The van der Waals surface area contributed by atoms with Crippen molar-refractivity contribution in [1.29, 1.82) is 0 Å². The second-order valence-corrected chi connectivity index (χ2v) is 17.5. The smallest absolute Gasteiger partial charge is 0.283 e. The first kappa shape index (κ1) is 35.2. The Bertz CT molecular complexity index is 1900. The number of aliphatic hydroxyl groups is 1. The van der Waals surface area contributed by atoms with E-state index in [0.717, 1.165) is 5.41 Å². The summed E-state index contributed by atoms with van der Waals surface area (Å²) in [5.41, 5.74) is -0.112. The van der Waals surface area contributed by atoms with Crippen molar-refractivity contribution in [1.82, 2.24) is 19.1 Å². The second kappa shape index (κ2) is 12.3. The monoisotopic (exact) mass is 715 g/mol. The van der Waals surface area contributed by atoms with Gasteiger partial charge in [0.25, 0.3) is 5.56 Å². The lowest BCUT2D eigenvalue weighted by Crippen LogP contribution is -2.57. The summed E-state index contributed by atoms with van der Waals surface area (Å²) in [5, 5.41) is 10.4. The third-order valence-electron chi connectivity index (χ3n) is 8.53. The molecule has 0 spiro atoms. The van der Waals surface area contributed by atoms with Gasteiger partial charge in [-0.15, -0.1) is 0 Å². The van der Waals surface area contributed by atoms with Crippen LogP contribution in [-0.2, 0) is 54.6 Å². The molecule has 6 heterocycles. The Morgan fingerprint density at radius 3 is 2.31 bits per heavy atom. The predicted molar refractivity (Wildman–Crippen MR) is 170 cm³/mol. The molecular formula is C29H41N5O12S2. The summed E-state index contributed by atoms with van der Waals surface area (Å²) in [6.07, 6.45) is -4.01. The molecule has 4 saturated heterocycles. The van der Waals surface area contributed by atoms with E-state index in [1.165, 1.54) is 27.8 Å². The quantitative estimate of drug-likeness (QED) is 0.355. The van der Waals surface area contributed by atoms with Gasteiger partial charge in [0.15, 0.2) is 53.7 Å². The Labute approximate surface area is 277 Å². The minimum atomic E-state index is -4.36. The van der Waals surface area contributed by atoms with E-state index in [1.807, 2.05) is 0 Å². The van der Waals surface area contributed by atoms with Crippen molar-refractivity contribution in [2.45, 2.75) is 122 Å². The van der Waals surface area contributed by atoms with Crippen LogP contribution < -0.4 is 5.56 Å². The highest BCUT2D eigenvalue weighted by molar-refractivity contribution is 8.09. The Morgan fingerprint density at radius 1 is 1.00 bits per heavy atom. The van der Waals surface area contributed by atoms with E-state index in [2.05, 4.69) is 15.0 Å². The Balaban J connectivity index is 1.21. The number of hydrogen-bond acceptors (Lipinski definition) is 15. The number of imidazole rings is 1. The standard InChI is InChI=1S/C29H41N5O12S2/c1-8-30-27-32-24-18(25(36)33(27)9-2)31-13-34(24)26-23-21(44-29(6,7)46-23)16(42-26)10-11-47(37,38)14-48(39,40)12-17-19(35)22-20(15(3)41-17)43-28(4,5)45-22/h8,10-11,13,15-17,19-23,26,35H,9,12,14H2,1-7H3/b11-10+,30-8+. The molecule has 2 aromatic heterocycles. The molecule has 4 aliphatic heterocycles. The van der Waals surface area contributed by atoms with E-state index in [0.29, 0.717) is 6.54 Å². The Morgan fingerprint density at radius 2 is 1.65 bits per heavy atom. The first-order chi connectivity index (χ1) is 22.3. The maximum Gasteiger partial charge on any atom is 0.283 e. The molecule has 4 fully saturated rings. The summed E-state index contributed by atoms with van der Waals surface area (Å²) < 4.78 is 91.1. The van der Waals surface area contributed by atoms with Crippen molar-refractivity contribution >= 4 is 43.0 Å². The molecule has 0 radical (unpaired) electrons. The molecule has 2 aromatic rings. The van der Waals surface area contributed by atoms with Gasteiger partial charge in [0.1, 0.15) is 42.7 Å². The number of aliphatic hydroxyl groups excluding tert-OH is 1. The van der Waals surface area contributed by atoms with Gasteiger partial charge < -0.3 is 33.5 Å². The van der Waals surface area contributed by atoms with Crippen molar-refractivity contribution in [3.05, 3.63) is 28.2 Å². The van der Waals surface area contributed by atoms with Crippen LogP contribution in [0.2, 0.25) is 0 Å². The summed E-state index contributed by atoms with van der Waals surface area (Å²) in [7, 11) is -8.67. The molecular weight excluding hydrogens is 674 g/mol. The number of fused-ring (bicyclic) bond motifs is 3. The fourth-order valence-corrected chi connectivity index (χ4v) is 10.5. The van der Waals surface area contributed by atoms with Crippen LogP contribution in [0.1, 0.15) is 54.7 Å². The summed E-state index contributed by atoms with van der Waals surface area (Å²) in [5.74, 6) is -2.64. The van der Waals surface area contributed by atoms with E-state index in [9.17, 15) is 26.7 Å². The lowest BCUT2D eigenvalue weighted by molar-refractivity contribution is -0.191. The highest BCUT2D eigenvalue weighted by Crippen LogP contribution is 2.44. The van der Waals surface area contributed by atoms with Crippen molar-refractivity contribution in [3.8, 4) is 0 Å². The van der Waals surface area contributed by atoms with Gasteiger partial charge >= 0.3 is 0 Å². The number of aromatic nitrogens is 4. The van der Waals surface area contributed by atoms with Crippen LogP contribution in [0, 0.1) is 0 Å². The van der Waals surface area contributed by atoms with Crippen molar-refractivity contribution in [3.63, 3.8) is 0 Å². The lowest BCUT2D eigenvalue weighted by atomic mass is 9.96. The molecule has 0 aliphatic carbocycles. The Hall–Kier alpha value is -2.62. The van der Waals surface area contributed by atoms with E-state index < -0.39 is 103 Å². The van der Waals surface area contributed by atoms with Crippen LogP contribution in [-0.4, -0.2) is 119 Å². The molecule has 6 rings (SSSR count). The fraction of sp³-hybridized carbons (Fsp3) is 0.724. The van der Waals surface area contributed by atoms with Gasteiger partial charge in [-0.25, -0.2) is 26.8 Å². The molecule has 0 saturated carbocycles. The van der Waals surface area contributed by atoms with Crippen LogP contribution in [0.4, 0.5) is 5.95 Å². The average molecular weight is 716 g/mol. The van der Waals surface area contributed by atoms with Crippen molar-refractivity contribution in [2.75, 3.05) is 10.8 Å². The highest BCUT2D eigenvalue weighted by Gasteiger charge is 2.56. The summed E-state index contributed by atoms with van der Waals surface area (Å²) in [6.45, 7) is 12.2. The molecule has 19 heteroatoms. The van der Waals surface area contributed by atoms with E-state index in [1.54, 1.807) is 48.5 Å². The SMILES string of the molecule is C/C=N/c1nc2c(ncn2C2OC(/C=C/S(=O)(=O)CS(=O)(=O)CC3OC(C)C4OC(C)(C)OC4C3O)C3OC(C)(C)OC32)c(=O)n1CC. The zero-order valence-corrected chi connectivity index (χ0v) is 29.3. The van der Waals surface area contributed by atoms with Gasteiger partial charge in [-0.1, -0.05) is 0 Å². The van der Waals surface area contributed by atoms with Crippen LogP contribution in [0.25, 0.3) is 11.2 Å². The van der Waals surface area contributed by atoms with Gasteiger partial charge in [-0.2, -0.15) is 4.98 Å². The van der Waals surface area contributed by atoms with Crippen molar-refractivity contribution < 1.29 is 50.4 Å². The number of hydrogen-bond donors (Lipinski definition) is 1. The Kier molecular flexibility index (Phi) is 9.03. The van der Waals surface area contributed by atoms with Crippen LogP contribution in [0.5, 0.6) is 0 Å². The molecule has 0 amide bonds. The molecule has 1 N–H and O–H groups in total. The summed E-state index contributed by atoms with van der Waals surface area (Å²) in [6, 6.07) is 0. The number of aliphatic imine (C=N–C) groups is 1. The van der Waals surface area contributed by atoms with Gasteiger partial charge in [0.2, 0.25) is 5.95 Å². The molecule has 9 atom stereocenters. The molecule has 4 aliphatic rings. The molecule has 17 nitrogen and oxygen atoms in total. The minimum Gasteiger partial charge on any atom is -0.388 e. The maximum absolute atomic E-state index is 13.2. The summed E-state index contributed by atoms with van der Waals surface area (Å²) in [4.78, 5) is 26.2. The maximum atomic E-state index is 13.2. The highest BCUT2D eigenvalue weighted by atomic mass is 32.3. The zero-order chi connectivity index (χ0) is 35.0. The first-order valence-electron chi connectivity index (χ1n) is 15.6. The third-order valence-corrected chi connectivity index (χ3v) is 12.7. The third kappa shape index (κ3) is 6.63. The van der Waals surface area contributed by atoms with Gasteiger partial charge in [-0.3, -0.25) is 13.9 Å². The number of sulfone groups is 2. The van der Waals surface area contributed by atoms with E-state index in [-0.39, 0.29) is 17.1 Å². The molecule has 0 bridgehead atoms. The fourth-order valence-electron chi connectivity index (χ4n) is 6.67. The first-order valence-corrected chi connectivity index (χ1v) is 19.2. The number of nitrogens with zero attached hydrogens (tertiary/aromatic N) is 5. The van der Waals surface area contributed by atoms with Gasteiger partial charge in [-0.05, 0) is 54.5 Å². The summed E-state index contributed by atoms with van der Waals surface area (Å²) >= 11 is 0. The van der Waals surface area contributed by atoms with Crippen LogP contribution in [0.15, 0.2) is 27.6 Å². The minimum absolute atomic E-state index is 0.0877. The topological polar surface area (TPSA) is 209 Å². The molecule has 9 unspecified atom stereocenters.